The third kappa shape index (κ3) is 3.81. The van der Waals surface area contributed by atoms with Gasteiger partial charge >= 0.3 is 6.18 Å². The van der Waals surface area contributed by atoms with Crippen molar-refractivity contribution in [2.24, 2.45) is 0 Å². The summed E-state index contributed by atoms with van der Waals surface area (Å²) in [5, 5.41) is 3.36. The van der Waals surface area contributed by atoms with E-state index in [2.05, 4.69) is 14.4 Å². The number of alkyl halides is 3. The number of aromatic nitrogens is 1. The summed E-state index contributed by atoms with van der Waals surface area (Å²) in [4.78, 5) is 0.238. The molecule has 4 rings (SSSR count). The van der Waals surface area contributed by atoms with Crippen LogP contribution in [-0.2, 0) is 21.6 Å². The standard InChI is InChI=1S/C18H14F4N2O3S2/c1-17(10-2-4-11(19)5-3-10)9-14(17)24-29(25,26)16-7-6-13(28-16)12-8-15(27-23-12)18(20,21)22/h2-8,14,24H,9H2,1H3/t14-,17+/m0/s1. The van der Waals surface area contributed by atoms with Crippen molar-refractivity contribution in [1.29, 1.82) is 0 Å². The number of thiophene rings is 1. The topological polar surface area (TPSA) is 72.2 Å². The molecule has 0 aliphatic heterocycles. The van der Waals surface area contributed by atoms with E-state index in [-0.39, 0.29) is 26.6 Å². The van der Waals surface area contributed by atoms with Crippen LogP contribution in [0, 0.1) is 5.82 Å². The van der Waals surface area contributed by atoms with E-state index in [1.54, 1.807) is 12.1 Å². The van der Waals surface area contributed by atoms with E-state index in [0.717, 1.165) is 23.0 Å². The molecule has 1 aromatic carbocycles. The summed E-state index contributed by atoms with van der Waals surface area (Å²) in [5.41, 5.74) is 0.279. The Morgan fingerprint density at radius 3 is 2.52 bits per heavy atom. The Labute approximate surface area is 167 Å². The zero-order chi connectivity index (χ0) is 21.0. The molecule has 2 heterocycles. The lowest BCUT2D eigenvalue weighted by Crippen LogP contribution is -2.29. The summed E-state index contributed by atoms with van der Waals surface area (Å²) in [6.45, 7) is 1.88. The van der Waals surface area contributed by atoms with Gasteiger partial charge in [0, 0.05) is 17.5 Å². The number of rotatable bonds is 5. The fourth-order valence-electron chi connectivity index (χ4n) is 3.06. The number of nitrogens with zero attached hydrogens (tertiary/aromatic N) is 1. The fraction of sp³-hybridized carbons (Fsp3) is 0.278. The first-order chi connectivity index (χ1) is 13.5. The molecule has 2 aromatic heterocycles. The Bertz CT molecular complexity index is 1150. The maximum atomic E-state index is 13.1. The van der Waals surface area contributed by atoms with Crippen LogP contribution in [0.1, 0.15) is 24.7 Å². The predicted molar refractivity (Wildman–Crippen MR) is 97.3 cm³/mol. The van der Waals surface area contributed by atoms with Gasteiger partial charge in [0.15, 0.2) is 0 Å². The van der Waals surface area contributed by atoms with Gasteiger partial charge in [0.1, 0.15) is 15.7 Å². The first-order valence-corrected chi connectivity index (χ1v) is 10.7. The second-order valence-corrected chi connectivity index (χ2v) is 10.0. The molecule has 5 nitrogen and oxygen atoms in total. The van der Waals surface area contributed by atoms with Gasteiger partial charge in [-0.15, -0.1) is 11.3 Å². The molecule has 0 radical (unpaired) electrons. The number of nitrogens with one attached hydrogen (secondary N) is 1. The van der Waals surface area contributed by atoms with Crippen LogP contribution in [0.2, 0.25) is 0 Å². The zero-order valence-corrected chi connectivity index (χ0v) is 16.5. The molecule has 0 unspecified atom stereocenters. The van der Waals surface area contributed by atoms with Crippen molar-refractivity contribution >= 4 is 21.4 Å². The van der Waals surface area contributed by atoms with Crippen LogP contribution < -0.4 is 4.72 Å². The van der Waals surface area contributed by atoms with Crippen LogP contribution >= 0.6 is 11.3 Å². The number of sulfonamides is 1. The highest BCUT2D eigenvalue weighted by atomic mass is 32.2. The monoisotopic (exact) mass is 446 g/mol. The number of hydrogen-bond donors (Lipinski definition) is 1. The average molecular weight is 446 g/mol. The zero-order valence-electron chi connectivity index (χ0n) is 14.8. The largest absolute Gasteiger partial charge is 0.452 e. The van der Waals surface area contributed by atoms with Crippen molar-refractivity contribution in [3.05, 3.63) is 59.6 Å². The Morgan fingerprint density at radius 1 is 1.21 bits per heavy atom. The summed E-state index contributed by atoms with van der Waals surface area (Å²) in [7, 11) is -3.88. The predicted octanol–water partition coefficient (Wildman–Crippen LogP) is 4.57. The van der Waals surface area contributed by atoms with Crippen molar-refractivity contribution in [2.45, 2.75) is 35.2 Å². The van der Waals surface area contributed by atoms with Gasteiger partial charge in [-0.05, 0) is 36.2 Å². The molecular formula is C18H14F4N2O3S2. The highest BCUT2D eigenvalue weighted by molar-refractivity contribution is 7.91. The molecule has 0 spiro atoms. The van der Waals surface area contributed by atoms with Crippen molar-refractivity contribution in [1.82, 2.24) is 9.88 Å². The van der Waals surface area contributed by atoms with Crippen LogP contribution in [0.25, 0.3) is 10.6 Å². The SMILES string of the molecule is C[C@]1(c2ccc(F)cc2)C[C@@H]1NS(=O)(=O)c1ccc(-c2cc(C(F)(F)F)on2)s1. The third-order valence-corrected chi connectivity index (χ3v) is 8.00. The minimum Gasteiger partial charge on any atom is -0.351 e. The van der Waals surface area contributed by atoms with Crippen LogP contribution in [0.5, 0.6) is 0 Å². The molecular weight excluding hydrogens is 432 g/mol. The first-order valence-electron chi connectivity index (χ1n) is 8.41. The smallest absolute Gasteiger partial charge is 0.351 e. The van der Waals surface area contributed by atoms with Crippen LogP contribution in [0.15, 0.2) is 51.2 Å². The molecule has 11 heteroatoms. The van der Waals surface area contributed by atoms with Crippen LogP contribution in [0.4, 0.5) is 17.6 Å². The van der Waals surface area contributed by atoms with E-state index in [4.69, 9.17) is 0 Å². The summed E-state index contributed by atoms with van der Waals surface area (Å²) in [6.07, 6.45) is -4.12. The minimum absolute atomic E-state index is 0.0441. The summed E-state index contributed by atoms with van der Waals surface area (Å²) in [5.74, 6) is -1.63. The summed E-state index contributed by atoms with van der Waals surface area (Å²) < 4.78 is 83.2. The van der Waals surface area contributed by atoms with Crippen molar-refractivity contribution < 1.29 is 30.5 Å². The number of halogens is 4. The molecule has 2 atom stereocenters. The average Bonchev–Trinajstić information content (AvgIpc) is 3.06. The second-order valence-electron chi connectivity index (χ2n) is 7.00. The van der Waals surface area contributed by atoms with E-state index in [1.165, 1.54) is 24.3 Å². The quantitative estimate of drug-likeness (QED) is 0.583. The van der Waals surface area contributed by atoms with Crippen LogP contribution in [0.3, 0.4) is 0 Å². The van der Waals surface area contributed by atoms with Gasteiger partial charge in [-0.2, -0.15) is 13.2 Å². The molecule has 0 saturated heterocycles. The third-order valence-electron chi connectivity index (χ3n) is 4.93. The molecule has 1 N–H and O–H groups in total. The van der Waals surface area contributed by atoms with Gasteiger partial charge in [0.2, 0.25) is 15.8 Å². The van der Waals surface area contributed by atoms with Gasteiger partial charge < -0.3 is 4.52 Å². The molecule has 0 amide bonds. The van der Waals surface area contributed by atoms with Crippen molar-refractivity contribution in [3.63, 3.8) is 0 Å². The molecule has 0 bridgehead atoms. The lowest BCUT2D eigenvalue weighted by molar-refractivity contribution is -0.155. The molecule has 154 valence electrons. The highest BCUT2D eigenvalue weighted by Crippen LogP contribution is 2.48. The van der Waals surface area contributed by atoms with Crippen molar-refractivity contribution in [2.75, 3.05) is 0 Å². The van der Waals surface area contributed by atoms with E-state index in [1.807, 2.05) is 6.92 Å². The number of benzene rings is 1. The minimum atomic E-state index is -4.67. The second kappa shape index (κ2) is 6.64. The highest BCUT2D eigenvalue weighted by Gasteiger charge is 2.53. The molecule has 1 aliphatic carbocycles. The lowest BCUT2D eigenvalue weighted by atomic mass is 9.98. The molecule has 1 fully saturated rings. The normalized spacial score (nSPS) is 22.0. The van der Waals surface area contributed by atoms with Gasteiger partial charge in [0.05, 0.1) is 4.88 Å². The Morgan fingerprint density at radius 2 is 1.90 bits per heavy atom. The van der Waals surface area contributed by atoms with E-state index >= 15 is 0 Å². The van der Waals surface area contributed by atoms with E-state index < -0.39 is 27.4 Å². The molecule has 1 saturated carbocycles. The van der Waals surface area contributed by atoms with E-state index in [9.17, 15) is 26.0 Å². The van der Waals surface area contributed by atoms with Gasteiger partial charge in [-0.25, -0.2) is 17.5 Å². The lowest BCUT2D eigenvalue weighted by Gasteiger charge is -2.12. The fourth-order valence-corrected chi connectivity index (χ4v) is 5.68. The Hall–Kier alpha value is -2.24. The molecule has 29 heavy (non-hydrogen) atoms. The van der Waals surface area contributed by atoms with Gasteiger partial charge in [-0.1, -0.05) is 24.2 Å². The number of hydrogen-bond acceptors (Lipinski definition) is 5. The van der Waals surface area contributed by atoms with Gasteiger partial charge in [0.25, 0.3) is 0 Å². The molecule has 1 aliphatic rings. The van der Waals surface area contributed by atoms with Gasteiger partial charge in [-0.3, -0.25) is 0 Å². The van der Waals surface area contributed by atoms with Crippen molar-refractivity contribution in [3.8, 4) is 10.6 Å². The molecule has 3 aromatic rings. The summed E-state index contributed by atoms with van der Waals surface area (Å²) >= 11 is 0.795. The maximum absolute atomic E-state index is 13.1. The van der Waals surface area contributed by atoms with Crippen LogP contribution in [-0.4, -0.2) is 19.6 Å². The Balaban J connectivity index is 1.51. The Kier molecular flexibility index (Phi) is 4.59. The maximum Gasteiger partial charge on any atom is 0.452 e. The van der Waals surface area contributed by atoms with E-state index in [0.29, 0.717) is 6.42 Å². The first kappa shape index (κ1) is 20.0. The summed E-state index contributed by atoms with van der Waals surface area (Å²) in [6, 6.07) is 8.93.